The van der Waals surface area contributed by atoms with Gasteiger partial charge in [0.1, 0.15) is 0 Å². The highest BCUT2D eigenvalue weighted by atomic mass is 28.1. The van der Waals surface area contributed by atoms with E-state index in [0.29, 0.717) is 16.9 Å². The van der Waals surface area contributed by atoms with Gasteiger partial charge >= 0.3 is 0 Å². The highest BCUT2D eigenvalue weighted by Crippen LogP contribution is 2.28. The van der Waals surface area contributed by atoms with Crippen LogP contribution in [0.5, 0.6) is 0 Å². The van der Waals surface area contributed by atoms with Crippen molar-refractivity contribution in [3.05, 3.63) is 0 Å². The van der Waals surface area contributed by atoms with E-state index in [1.165, 1.54) is 19.3 Å². The molecule has 1 nitrogen and oxygen atoms in total. The average molecular weight is 230 g/mol. The Morgan fingerprint density at radius 3 is 1.87 bits per heavy atom. The molecule has 0 saturated heterocycles. The van der Waals surface area contributed by atoms with Crippen molar-refractivity contribution in [1.82, 2.24) is 0 Å². The molecule has 92 valence electrons. The molecule has 0 fully saturated rings. The fourth-order valence-electron chi connectivity index (χ4n) is 1.76. The lowest BCUT2D eigenvalue weighted by Gasteiger charge is -2.28. The largest absolute Gasteiger partial charge is 0.383 e. The minimum Gasteiger partial charge on any atom is -0.383 e. The summed E-state index contributed by atoms with van der Waals surface area (Å²) in [6.45, 7) is 13.8. The molecule has 0 spiro atoms. The maximum Gasteiger partial charge on any atom is 0.0575 e. The molecule has 0 aliphatic heterocycles. The maximum atomic E-state index is 5.88. The molecule has 2 heteroatoms. The standard InChI is InChI=1S/C13H30OSi/c1-12(2,3)8-7-11(14-10-15)9-13(4,5)6/h11H,7-10H2,1-6,15H3. The van der Waals surface area contributed by atoms with Gasteiger partial charge in [0.2, 0.25) is 0 Å². The summed E-state index contributed by atoms with van der Waals surface area (Å²) in [7, 11) is 1.15. The predicted molar refractivity (Wildman–Crippen MR) is 72.4 cm³/mol. The lowest BCUT2D eigenvalue weighted by molar-refractivity contribution is 0.0394. The first-order valence-electron chi connectivity index (χ1n) is 6.26. The van der Waals surface area contributed by atoms with Gasteiger partial charge in [0.05, 0.1) is 6.10 Å². The quantitative estimate of drug-likeness (QED) is 0.660. The van der Waals surface area contributed by atoms with Crippen molar-refractivity contribution >= 4 is 10.2 Å². The van der Waals surface area contributed by atoms with Crippen molar-refractivity contribution in [2.45, 2.75) is 66.9 Å². The normalized spacial score (nSPS) is 15.6. The summed E-state index contributed by atoms with van der Waals surface area (Å²) in [6, 6.07) is 0. The zero-order chi connectivity index (χ0) is 12.1. The van der Waals surface area contributed by atoms with Crippen LogP contribution in [0.25, 0.3) is 0 Å². The van der Waals surface area contributed by atoms with E-state index >= 15 is 0 Å². The van der Waals surface area contributed by atoms with Gasteiger partial charge in [-0.2, -0.15) is 0 Å². The van der Waals surface area contributed by atoms with Crippen molar-refractivity contribution in [1.29, 1.82) is 0 Å². The van der Waals surface area contributed by atoms with Crippen LogP contribution in [0.3, 0.4) is 0 Å². The van der Waals surface area contributed by atoms with Crippen LogP contribution in [0.15, 0.2) is 0 Å². The Morgan fingerprint density at radius 1 is 1.00 bits per heavy atom. The van der Waals surface area contributed by atoms with E-state index in [-0.39, 0.29) is 0 Å². The fourth-order valence-corrected chi connectivity index (χ4v) is 2.23. The van der Waals surface area contributed by atoms with Gasteiger partial charge in [0, 0.05) is 16.5 Å². The van der Waals surface area contributed by atoms with Crippen LogP contribution < -0.4 is 0 Å². The van der Waals surface area contributed by atoms with Gasteiger partial charge in [-0.05, 0) is 30.1 Å². The lowest BCUT2D eigenvalue weighted by Crippen LogP contribution is -2.23. The molecule has 0 amide bonds. The van der Waals surface area contributed by atoms with Gasteiger partial charge in [-0.25, -0.2) is 0 Å². The van der Waals surface area contributed by atoms with E-state index in [1.54, 1.807) is 0 Å². The summed E-state index contributed by atoms with van der Waals surface area (Å²) in [5.74, 6) is 0. The van der Waals surface area contributed by atoms with Crippen LogP contribution >= 0.6 is 0 Å². The number of hydrogen-bond acceptors (Lipinski definition) is 1. The molecule has 0 aromatic carbocycles. The van der Waals surface area contributed by atoms with E-state index in [2.05, 4.69) is 41.5 Å². The molecule has 0 N–H and O–H groups in total. The maximum absolute atomic E-state index is 5.88. The van der Waals surface area contributed by atoms with E-state index in [0.717, 1.165) is 16.5 Å². The van der Waals surface area contributed by atoms with E-state index in [4.69, 9.17) is 4.74 Å². The average Bonchev–Trinajstić information content (AvgIpc) is 1.96. The molecule has 1 atom stereocenters. The molecule has 0 aliphatic carbocycles. The second kappa shape index (κ2) is 6.05. The van der Waals surface area contributed by atoms with Crippen molar-refractivity contribution in [2.24, 2.45) is 10.8 Å². The highest BCUT2D eigenvalue weighted by Gasteiger charge is 2.21. The Bertz CT molecular complexity index is 164. The second-order valence-corrected chi connectivity index (χ2v) is 7.52. The van der Waals surface area contributed by atoms with Gasteiger partial charge in [0.25, 0.3) is 0 Å². The van der Waals surface area contributed by atoms with Gasteiger partial charge < -0.3 is 4.74 Å². The van der Waals surface area contributed by atoms with Gasteiger partial charge in [-0.1, -0.05) is 41.5 Å². The predicted octanol–water partition coefficient (Wildman–Crippen LogP) is 2.96. The van der Waals surface area contributed by atoms with E-state index < -0.39 is 0 Å². The molecule has 0 heterocycles. The molecular weight excluding hydrogens is 200 g/mol. The molecule has 0 saturated carbocycles. The van der Waals surface area contributed by atoms with Crippen molar-refractivity contribution < 1.29 is 4.74 Å². The minimum atomic E-state index is 0.388. The number of ether oxygens (including phenoxy) is 1. The first-order valence-corrected chi connectivity index (χ1v) is 7.67. The Hall–Kier alpha value is 0.177. The molecule has 0 rings (SSSR count). The van der Waals surface area contributed by atoms with Crippen LogP contribution in [0.4, 0.5) is 0 Å². The number of rotatable bonds is 5. The minimum absolute atomic E-state index is 0.388. The summed E-state index contributed by atoms with van der Waals surface area (Å²) < 4.78 is 5.88. The van der Waals surface area contributed by atoms with Gasteiger partial charge in [-0.15, -0.1) is 0 Å². The Labute approximate surface area is 99.4 Å². The van der Waals surface area contributed by atoms with Crippen LogP contribution in [0.1, 0.15) is 60.8 Å². The third-order valence-electron chi connectivity index (χ3n) is 2.46. The zero-order valence-corrected chi connectivity index (χ0v) is 13.8. The van der Waals surface area contributed by atoms with Crippen molar-refractivity contribution in [2.75, 3.05) is 6.23 Å². The van der Waals surface area contributed by atoms with Crippen molar-refractivity contribution in [3.8, 4) is 0 Å². The molecule has 0 bridgehead atoms. The lowest BCUT2D eigenvalue weighted by atomic mass is 9.84. The summed E-state index contributed by atoms with van der Waals surface area (Å²) in [5, 5.41) is 0. The van der Waals surface area contributed by atoms with Gasteiger partial charge in [-0.3, -0.25) is 0 Å². The molecular formula is C13H30OSi. The third-order valence-corrected chi connectivity index (χ3v) is 2.79. The fraction of sp³-hybridized carbons (Fsp3) is 1.00. The van der Waals surface area contributed by atoms with E-state index in [1.807, 2.05) is 0 Å². The van der Waals surface area contributed by atoms with Crippen molar-refractivity contribution in [3.63, 3.8) is 0 Å². The summed E-state index contributed by atoms with van der Waals surface area (Å²) >= 11 is 0. The Balaban J connectivity index is 4.05. The molecule has 15 heavy (non-hydrogen) atoms. The monoisotopic (exact) mass is 230 g/mol. The topological polar surface area (TPSA) is 9.23 Å². The van der Waals surface area contributed by atoms with Crippen LogP contribution in [-0.4, -0.2) is 22.6 Å². The molecule has 0 aromatic heterocycles. The summed E-state index contributed by atoms with van der Waals surface area (Å²) in [5.41, 5.74) is 0.823. The smallest absolute Gasteiger partial charge is 0.0575 e. The van der Waals surface area contributed by atoms with Crippen LogP contribution in [0, 0.1) is 10.8 Å². The third kappa shape index (κ3) is 10.5. The summed E-state index contributed by atoms with van der Waals surface area (Å²) in [4.78, 5) is 0. The second-order valence-electron chi connectivity index (χ2n) is 6.94. The zero-order valence-electron chi connectivity index (χ0n) is 11.8. The highest BCUT2D eigenvalue weighted by molar-refractivity contribution is 6.08. The Morgan fingerprint density at radius 2 is 1.53 bits per heavy atom. The SMILES string of the molecule is CC(C)(C)CCC(CC(C)(C)C)OC[SiH3]. The molecule has 0 aliphatic rings. The Kier molecular flexibility index (Phi) is 6.12. The first-order chi connectivity index (χ1) is 6.64. The van der Waals surface area contributed by atoms with Crippen LogP contribution in [0.2, 0.25) is 0 Å². The molecule has 0 radical (unpaired) electrons. The summed E-state index contributed by atoms with van der Waals surface area (Å²) in [6.07, 6.45) is 5.11. The number of hydrogen-bond donors (Lipinski definition) is 0. The van der Waals surface area contributed by atoms with E-state index in [9.17, 15) is 0 Å². The molecule has 1 unspecified atom stereocenters. The molecule has 0 aromatic rings. The van der Waals surface area contributed by atoms with Gasteiger partial charge in [0.15, 0.2) is 0 Å². The first kappa shape index (κ1) is 15.2. The van der Waals surface area contributed by atoms with Crippen LogP contribution in [-0.2, 0) is 4.74 Å².